The fraction of sp³-hybridized carbons (Fsp3) is 0.179. The van der Waals surface area contributed by atoms with Crippen molar-refractivity contribution in [3.63, 3.8) is 0 Å². The molecule has 0 atom stereocenters. The molecule has 36 heavy (non-hydrogen) atoms. The van der Waals surface area contributed by atoms with Crippen LogP contribution in [0, 0.1) is 0 Å². The highest BCUT2D eigenvalue weighted by Gasteiger charge is 2.39. The van der Waals surface area contributed by atoms with Crippen LogP contribution in [0.25, 0.3) is 0 Å². The third-order valence-electron chi connectivity index (χ3n) is 5.68. The van der Waals surface area contributed by atoms with Gasteiger partial charge in [-0.3, -0.25) is 14.4 Å². The number of hydrogen-bond donors (Lipinski definition) is 2. The second-order valence-electron chi connectivity index (χ2n) is 8.49. The van der Waals surface area contributed by atoms with Crippen LogP contribution < -0.4 is 20.3 Å². The van der Waals surface area contributed by atoms with Crippen molar-refractivity contribution in [2.24, 2.45) is 0 Å². The Balaban J connectivity index is 1.43. The normalized spacial score (nSPS) is 13.4. The topological polar surface area (TPSA) is 87.7 Å². The van der Waals surface area contributed by atoms with Crippen LogP contribution in [0.1, 0.15) is 42.6 Å². The van der Waals surface area contributed by atoms with Crippen molar-refractivity contribution < 1.29 is 19.1 Å². The van der Waals surface area contributed by atoms with Gasteiger partial charge in [-0.05, 0) is 79.1 Å². The molecule has 3 amide bonds. The van der Waals surface area contributed by atoms with E-state index in [-0.39, 0.29) is 16.6 Å². The minimum Gasteiger partial charge on any atom is -0.494 e. The predicted molar refractivity (Wildman–Crippen MR) is 142 cm³/mol. The van der Waals surface area contributed by atoms with Crippen LogP contribution in [0.4, 0.5) is 17.1 Å². The first-order chi connectivity index (χ1) is 17.3. The molecular weight excluding hydrogens is 478 g/mol. The Labute approximate surface area is 214 Å². The molecule has 0 aromatic heterocycles. The summed E-state index contributed by atoms with van der Waals surface area (Å²) >= 11 is 6.23. The van der Waals surface area contributed by atoms with Gasteiger partial charge in [0.25, 0.3) is 17.7 Å². The third-order valence-corrected chi connectivity index (χ3v) is 6.04. The summed E-state index contributed by atoms with van der Waals surface area (Å²) in [6.07, 6.45) is 0. The highest BCUT2D eigenvalue weighted by molar-refractivity contribution is 6.53. The molecule has 184 valence electrons. The van der Waals surface area contributed by atoms with Crippen LogP contribution in [0.15, 0.2) is 83.5 Å². The van der Waals surface area contributed by atoms with Crippen molar-refractivity contribution in [1.82, 2.24) is 0 Å². The molecule has 0 spiro atoms. The monoisotopic (exact) mass is 503 g/mol. The number of rotatable bonds is 8. The second kappa shape index (κ2) is 10.7. The summed E-state index contributed by atoms with van der Waals surface area (Å²) in [7, 11) is 0. The molecule has 1 aliphatic heterocycles. The van der Waals surface area contributed by atoms with Gasteiger partial charge in [0, 0.05) is 16.9 Å². The molecule has 3 aromatic rings. The molecule has 0 fully saturated rings. The average Bonchev–Trinajstić information content (AvgIpc) is 3.08. The smallest absolute Gasteiger partial charge is 0.283 e. The Hall–Kier alpha value is -4.10. The van der Waals surface area contributed by atoms with E-state index in [1.807, 2.05) is 19.1 Å². The van der Waals surface area contributed by atoms with E-state index in [0.29, 0.717) is 35.2 Å². The molecule has 0 bridgehead atoms. The molecule has 0 radical (unpaired) electrons. The average molecular weight is 504 g/mol. The number of imide groups is 1. The lowest BCUT2D eigenvalue weighted by Gasteiger charge is -2.16. The van der Waals surface area contributed by atoms with E-state index >= 15 is 0 Å². The number of anilines is 3. The summed E-state index contributed by atoms with van der Waals surface area (Å²) in [6.45, 7) is 6.60. The van der Waals surface area contributed by atoms with E-state index < -0.39 is 11.8 Å². The van der Waals surface area contributed by atoms with Gasteiger partial charge in [-0.2, -0.15) is 0 Å². The van der Waals surface area contributed by atoms with Gasteiger partial charge in [-0.1, -0.05) is 37.6 Å². The lowest BCUT2D eigenvalue weighted by Crippen LogP contribution is -2.32. The Kier molecular flexibility index (Phi) is 7.41. The summed E-state index contributed by atoms with van der Waals surface area (Å²) in [4.78, 5) is 39.4. The summed E-state index contributed by atoms with van der Waals surface area (Å²) in [5.74, 6) is -0.363. The number of hydrogen-bond acceptors (Lipinski definition) is 5. The second-order valence-corrected chi connectivity index (χ2v) is 8.87. The van der Waals surface area contributed by atoms with Gasteiger partial charge in [0.2, 0.25) is 0 Å². The number of halogens is 1. The van der Waals surface area contributed by atoms with Crippen LogP contribution in [-0.4, -0.2) is 24.3 Å². The molecule has 0 saturated carbocycles. The lowest BCUT2D eigenvalue weighted by molar-refractivity contribution is -0.120. The van der Waals surface area contributed by atoms with E-state index in [1.165, 1.54) is 0 Å². The summed E-state index contributed by atoms with van der Waals surface area (Å²) in [6, 6.07) is 20.8. The Morgan fingerprint density at radius 1 is 0.889 bits per heavy atom. The number of ether oxygens (including phenoxy) is 1. The maximum Gasteiger partial charge on any atom is 0.283 e. The standard InChI is InChI=1S/C28H26ClN3O4/c1-4-36-23-15-11-21(12-16-23)31-26(33)19-5-9-20(10-6-19)30-25-24(29)27(34)32(28(25)35)22-13-7-18(8-14-22)17(2)3/h5-17,30H,4H2,1-3H3,(H,31,33). The zero-order valence-corrected chi connectivity index (χ0v) is 20.9. The number of nitrogens with zero attached hydrogens (tertiary/aromatic N) is 1. The molecule has 1 heterocycles. The largest absolute Gasteiger partial charge is 0.494 e. The maximum atomic E-state index is 13.0. The summed E-state index contributed by atoms with van der Waals surface area (Å²) < 4.78 is 5.40. The van der Waals surface area contributed by atoms with Gasteiger partial charge in [-0.25, -0.2) is 4.90 Å². The van der Waals surface area contributed by atoms with E-state index in [0.717, 1.165) is 16.2 Å². The molecule has 0 unspecified atom stereocenters. The van der Waals surface area contributed by atoms with Crippen molar-refractivity contribution in [1.29, 1.82) is 0 Å². The van der Waals surface area contributed by atoms with Crippen molar-refractivity contribution in [2.75, 3.05) is 22.1 Å². The number of benzene rings is 3. The number of carbonyl (C=O) groups is 3. The molecule has 2 N–H and O–H groups in total. The highest BCUT2D eigenvalue weighted by atomic mass is 35.5. The number of amides is 3. The van der Waals surface area contributed by atoms with Gasteiger partial charge in [0.1, 0.15) is 16.5 Å². The predicted octanol–water partition coefficient (Wildman–Crippen LogP) is 5.90. The third kappa shape index (κ3) is 5.26. The zero-order valence-electron chi connectivity index (χ0n) is 20.2. The van der Waals surface area contributed by atoms with Crippen LogP contribution >= 0.6 is 11.6 Å². The minimum absolute atomic E-state index is 0.0128. The van der Waals surface area contributed by atoms with Crippen molar-refractivity contribution >= 4 is 46.4 Å². The molecule has 1 aliphatic rings. The van der Waals surface area contributed by atoms with Gasteiger partial charge in [-0.15, -0.1) is 0 Å². The van der Waals surface area contributed by atoms with Crippen LogP contribution in [0.3, 0.4) is 0 Å². The molecule has 8 heteroatoms. The van der Waals surface area contributed by atoms with Crippen LogP contribution in [0.5, 0.6) is 5.75 Å². The van der Waals surface area contributed by atoms with Crippen molar-refractivity contribution in [3.8, 4) is 5.75 Å². The first-order valence-electron chi connectivity index (χ1n) is 11.6. The Bertz CT molecular complexity index is 1310. The van der Waals surface area contributed by atoms with Gasteiger partial charge < -0.3 is 15.4 Å². The van der Waals surface area contributed by atoms with E-state index in [1.54, 1.807) is 60.7 Å². The summed E-state index contributed by atoms with van der Waals surface area (Å²) in [5, 5.41) is 5.56. The first-order valence-corrected chi connectivity index (χ1v) is 12.0. The highest BCUT2D eigenvalue weighted by Crippen LogP contribution is 2.31. The minimum atomic E-state index is -0.590. The lowest BCUT2D eigenvalue weighted by atomic mass is 10.0. The fourth-order valence-corrected chi connectivity index (χ4v) is 3.92. The van der Waals surface area contributed by atoms with Crippen molar-refractivity contribution in [2.45, 2.75) is 26.7 Å². The Morgan fingerprint density at radius 2 is 1.50 bits per heavy atom. The molecule has 7 nitrogen and oxygen atoms in total. The maximum absolute atomic E-state index is 13.0. The zero-order chi connectivity index (χ0) is 25.8. The molecule has 4 rings (SSSR count). The van der Waals surface area contributed by atoms with Gasteiger partial charge in [0.15, 0.2) is 0 Å². The van der Waals surface area contributed by atoms with E-state index in [2.05, 4.69) is 24.5 Å². The molecule has 3 aromatic carbocycles. The van der Waals surface area contributed by atoms with Gasteiger partial charge >= 0.3 is 0 Å². The first kappa shape index (κ1) is 25.0. The molecule has 0 aliphatic carbocycles. The van der Waals surface area contributed by atoms with Gasteiger partial charge in [0.05, 0.1) is 12.3 Å². The van der Waals surface area contributed by atoms with E-state index in [4.69, 9.17) is 16.3 Å². The van der Waals surface area contributed by atoms with E-state index in [9.17, 15) is 14.4 Å². The molecule has 0 saturated heterocycles. The fourth-order valence-electron chi connectivity index (χ4n) is 3.71. The van der Waals surface area contributed by atoms with Crippen molar-refractivity contribution in [3.05, 3.63) is 94.7 Å². The number of nitrogens with one attached hydrogen (secondary N) is 2. The van der Waals surface area contributed by atoms with Crippen LogP contribution in [-0.2, 0) is 9.59 Å². The molecular formula is C28H26ClN3O4. The quantitative estimate of drug-likeness (QED) is 0.374. The Morgan fingerprint density at radius 3 is 2.08 bits per heavy atom. The summed E-state index contributed by atoms with van der Waals surface area (Å²) in [5.41, 5.74) is 3.11. The van der Waals surface area contributed by atoms with Crippen LogP contribution in [0.2, 0.25) is 0 Å². The SMILES string of the molecule is CCOc1ccc(NC(=O)c2ccc(NC3=C(Cl)C(=O)N(c4ccc(C(C)C)cc4)C3=O)cc2)cc1. The number of carbonyl (C=O) groups excluding carboxylic acids is 3.